The average Bonchev–Trinajstić information content (AvgIpc) is 2.58. The second kappa shape index (κ2) is 6.41. The lowest BCUT2D eigenvalue weighted by Gasteiger charge is -2.19. The number of nitrogens with zero attached hydrogens (tertiary/aromatic N) is 1. The zero-order valence-corrected chi connectivity index (χ0v) is 12.0. The molecule has 106 valence electrons. The number of hydrogen-bond donors (Lipinski definition) is 2. The van der Waals surface area contributed by atoms with Crippen molar-refractivity contribution in [3.63, 3.8) is 0 Å². The lowest BCUT2D eigenvalue weighted by molar-refractivity contribution is -0.123. The Morgan fingerprint density at radius 3 is 2.42 bits per heavy atom. The molecule has 0 aliphatic carbocycles. The molecule has 0 spiro atoms. The molecule has 2 N–H and O–H groups in total. The van der Waals surface area contributed by atoms with Crippen molar-refractivity contribution in [3.05, 3.63) is 24.4 Å². The Kier molecular flexibility index (Phi) is 5.15. The monoisotopic (exact) mass is 265 g/mol. The van der Waals surface area contributed by atoms with Gasteiger partial charge in [0.1, 0.15) is 0 Å². The van der Waals surface area contributed by atoms with E-state index in [2.05, 4.69) is 38.0 Å². The van der Waals surface area contributed by atoms with Crippen molar-refractivity contribution in [1.29, 1.82) is 0 Å². The molecular formula is C14H23N3O2. The maximum absolute atomic E-state index is 11.5. The number of amides is 3. The largest absolute Gasteiger partial charge is 0.338 e. The van der Waals surface area contributed by atoms with Crippen molar-refractivity contribution in [1.82, 2.24) is 15.5 Å². The highest BCUT2D eigenvalue weighted by molar-refractivity contribution is 5.93. The van der Waals surface area contributed by atoms with Crippen molar-refractivity contribution in [2.24, 2.45) is 5.41 Å². The number of nitrogens with one attached hydrogen (secondary N) is 2. The fourth-order valence-corrected chi connectivity index (χ4v) is 1.64. The topological polar surface area (TPSA) is 61.4 Å². The minimum atomic E-state index is -0.200. The highest BCUT2D eigenvalue weighted by atomic mass is 16.2. The summed E-state index contributed by atoms with van der Waals surface area (Å²) in [6.45, 7) is 11.6. The SMILES string of the molecule is C=C1C=CC(=O)N1CCNC(=O)NCCC(C)(C)C. The van der Waals surface area contributed by atoms with Crippen molar-refractivity contribution in [2.75, 3.05) is 19.6 Å². The van der Waals surface area contributed by atoms with Crippen molar-refractivity contribution in [3.8, 4) is 0 Å². The third kappa shape index (κ3) is 5.59. The van der Waals surface area contributed by atoms with Gasteiger partial charge in [-0.2, -0.15) is 0 Å². The van der Waals surface area contributed by atoms with E-state index >= 15 is 0 Å². The Morgan fingerprint density at radius 2 is 1.89 bits per heavy atom. The van der Waals surface area contributed by atoms with Crippen LogP contribution in [0.2, 0.25) is 0 Å². The van der Waals surface area contributed by atoms with Gasteiger partial charge in [0.05, 0.1) is 0 Å². The Hall–Kier alpha value is -1.78. The molecule has 1 aliphatic rings. The molecule has 1 rings (SSSR count). The van der Waals surface area contributed by atoms with Crippen LogP contribution in [0.3, 0.4) is 0 Å². The molecule has 0 aromatic carbocycles. The molecule has 0 bridgehead atoms. The molecule has 3 amide bonds. The number of carbonyl (C=O) groups excluding carboxylic acids is 2. The predicted octanol–water partition coefficient (Wildman–Crippen LogP) is 1.63. The van der Waals surface area contributed by atoms with Gasteiger partial charge in [0.25, 0.3) is 5.91 Å². The zero-order valence-electron chi connectivity index (χ0n) is 12.0. The van der Waals surface area contributed by atoms with Crippen LogP contribution in [0.1, 0.15) is 27.2 Å². The van der Waals surface area contributed by atoms with Crippen LogP contribution in [-0.4, -0.2) is 36.5 Å². The highest BCUT2D eigenvalue weighted by Gasteiger charge is 2.18. The zero-order chi connectivity index (χ0) is 14.5. The number of allylic oxidation sites excluding steroid dienone is 1. The molecule has 1 aliphatic heterocycles. The molecular weight excluding hydrogens is 242 g/mol. The summed E-state index contributed by atoms with van der Waals surface area (Å²) in [4.78, 5) is 24.4. The van der Waals surface area contributed by atoms with E-state index in [0.717, 1.165) is 6.42 Å². The van der Waals surface area contributed by atoms with Crippen LogP contribution >= 0.6 is 0 Å². The molecule has 0 aromatic rings. The van der Waals surface area contributed by atoms with Crippen LogP contribution in [0.15, 0.2) is 24.4 Å². The summed E-state index contributed by atoms with van der Waals surface area (Å²) in [5, 5.41) is 5.52. The van der Waals surface area contributed by atoms with Gasteiger partial charge < -0.3 is 15.5 Å². The van der Waals surface area contributed by atoms with Gasteiger partial charge in [-0.05, 0) is 17.9 Å². The summed E-state index contributed by atoms with van der Waals surface area (Å²) in [5.74, 6) is -0.0834. The third-order valence-corrected chi connectivity index (χ3v) is 2.81. The first-order valence-corrected chi connectivity index (χ1v) is 6.50. The molecule has 0 radical (unpaired) electrons. The number of hydrogen-bond acceptors (Lipinski definition) is 2. The van der Waals surface area contributed by atoms with Crippen molar-refractivity contribution in [2.45, 2.75) is 27.2 Å². The van der Waals surface area contributed by atoms with Gasteiger partial charge in [-0.3, -0.25) is 4.79 Å². The first kappa shape index (κ1) is 15.3. The Bertz CT molecular complexity index is 376. The van der Waals surface area contributed by atoms with E-state index in [9.17, 15) is 9.59 Å². The number of rotatable bonds is 5. The molecule has 0 aromatic heterocycles. The fourth-order valence-electron chi connectivity index (χ4n) is 1.64. The van der Waals surface area contributed by atoms with Gasteiger partial charge in [0.2, 0.25) is 0 Å². The lowest BCUT2D eigenvalue weighted by atomic mass is 9.92. The van der Waals surface area contributed by atoms with Gasteiger partial charge in [0.15, 0.2) is 0 Å². The van der Waals surface area contributed by atoms with E-state index in [1.807, 2.05) is 0 Å². The molecule has 0 saturated heterocycles. The van der Waals surface area contributed by atoms with Crippen LogP contribution in [0.4, 0.5) is 4.79 Å². The second-order valence-corrected chi connectivity index (χ2v) is 5.81. The Labute approximate surface area is 114 Å². The number of carbonyl (C=O) groups is 2. The van der Waals surface area contributed by atoms with Crippen LogP contribution in [0, 0.1) is 5.41 Å². The minimum absolute atomic E-state index is 0.0834. The van der Waals surface area contributed by atoms with Crippen molar-refractivity contribution < 1.29 is 9.59 Å². The second-order valence-electron chi connectivity index (χ2n) is 5.81. The van der Waals surface area contributed by atoms with Crippen LogP contribution in [-0.2, 0) is 4.79 Å². The van der Waals surface area contributed by atoms with E-state index in [-0.39, 0.29) is 17.4 Å². The van der Waals surface area contributed by atoms with E-state index in [0.29, 0.717) is 25.3 Å². The lowest BCUT2D eigenvalue weighted by Crippen LogP contribution is -2.41. The maximum atomic E-state index is 11.5. The molecule has 0 atom stereocenters. The normalized spacial score (nSPS) is 15.0. The predicted molar refractivity (Wildman–Crippen MR) is 75.5 cm³/mol. The summed E-state index contributed by atoms with van der Waals surface area (Å²) >= 11 is 0. The third-order valence-electron chi connectivity index (χ3n) is 2.81. The summed E-state index contributed by atoms with van der Waals surface area (Å²) in [6, 6.07) is -0.200. The van der Waals surface area contributed by atoms with E-state index in [1.54, 1.807) is 6.08 Å². The van der Waals surface area contributed by atoms with Gasteiger partial charge in [-0.1, -0.05) is 27.4 Å². The van der Waals surface area contributed by atoms with E-state index in [4.69, 9.17) is 0 Å². The van der Waals surface area contributed by atoms with Crippen molar-refractivity contribution >= 4 is 11.9 Å². The van der Waals surface area contributed by atoms with Crippen LogP contribution < -0.4 is 10.6 Å². The number of urea groups is 1. The standard InChI is InChI=1S/C14H23N3O2/c1-11-5-6-12(18)17(11)10-9-16-13(19)15-8-7-14(2,3)4/h5-6H,1,7-10H2,2-4H3,(H2,15,16,19). The maximum Gasteiger partial charge on any atom is 0.314 e. The molecule has 5 heteroatoms. The van der Waals surface area contributed by atoms with Crippen LogP contribution in [0.25, 0.3) is 0 Å². The first-order valence-electron chi connectivity index (χ1n) is 6.50. The van der Waals surface area contributed by atoms with E-state index < -0.39 is 0 Å². The Balaban J connectivity index is 2.14. The first-order chi connectivity index (χ1) is 8.79. The smallest absolute Gasteiger partial charge is 0.314 e. The molecule has 5 nitrogen and oxygen atoms in total. The minimum Gasteiger partial charge on any atom is -0.338 e. The molecule has 0 fully saturated rings. The average molecular weight is 265 g/mol. The van der Waals surface area contributed by atoms with Crippen LogP contribution in [0.5, 0.6) is 0 Å². The van der Waals surface area contributed by atoms with Gasteiger partial charge in [-0.15, -0.1) is 0 Å². The summed E-state index contributed by atoms with van der Waals surface area (Å²) in [6.07, 6.45) is 4.07. The summed E-state index contributed by atoms with van der Waals surface area (Å²) < 4.78 is 0. The molecule has 1 heterocycles. The highest BCUT2D eigenvalue weighted by Crippen LogP contribution is 2.16. The Morgan fingerprint density at radius 1 is 1.26 bits per heavy atom. The molecule has 19 heavy (non-hydrogen) atoms. The van der Waals surface area contributed by atoms with E-state index in [1.165, 1.54) is 11.0 Å². The quantitative estimate of drug-likeness (QED) is 0.793. The summed E-state index contributed by atoms with van der Waals surface area (Å²) in [7, 11) is 0. The summed E-state index contributed by atoms with van der Waals surface area (Å²) in [5.41, 5.74) is 0.874. The molecule has 0 saturated carbocycles. The van der Waals surface area contributed by atoms with Gasteiger partial charge >= 0.3 is 6.03 Å². The van der Waals surface area contributed by atoms with Gasteiger partial charge in [0, 0.05) is 31.4 Å². The van der Waals surface area contributed by atoms with Gasteiger partial charge in [-0.25, -0.2) is 4.79 Å². The molecule has 0 unspecified atom stereocenters. The fraction of sp³-hybridized carbons (Fsp3) is 0.571.